The molecule has 1 aliphatic rings. The van der Waals surface area contributed by atoms with Gasteiger partial charge in [0.15, 0.2) is 0 Å². The predicted octanol–water partition coefficient (Wildman–Crippen LogP) is 2.34. The first-order valence-electron chi connectivity index (χ1n) is 8.31. The monoisotopic (exact) mass is 389 g/mol. The van der Waals surface area contributed by atoms with Gasteiger partial charge in [-0.15, -0.1) is 11.3 Å². The van der Waals surface area contributed by atoms with E-state index in [9.17, 15) is 13.2 Å². The molecule has 1 aromatic heterocycles. The van der Waals surface area contributed by atoms with Crippen molar-refractivity contribution in [3.8, 4) is 6.07 Å². The van der Waals surface area contributed by atoms with Crippen LogP contribution in [0.25, 0.3) is 0 Å². The summed E-state index contributed by atoms with van der Waals surface area (Å²) in [5, 5.41) is 13.7. The number of piperidine rings is 1. The Kier molecular flexibility index (Phi) is 5.71. The van der Waals surface area contributed by atoms with E-state index >= 15 is 0 Å². The third-order valence-corrected chi connectivity index (χ3v) is 7.25. The van der Waals surface area contributed by atoms with Gasteiger partial charge in [-0.1, -0.05) is 6.07 Å². The number of hydrogen-bond donors (Lipinski definition) is 1. The number of rotatable bonds is 5. The SMILES string of the molecule is N#Cc1ccc(S(=O)(=O)N2CCC(C(=O)NCc3cccs3)CC2)cc1. The Hall–Kier alpha value is -2.21. The van der Waals surface area contributed by atoms with Crippen LogP contribution in [0.1, 0.15) is 23.3 Å². The van der Waals surface area contributed by atoms with Gasteiger partial charge in [0.25, 0.3) is 0 Å². The Morgan fingerprint density at radius 3 is 2.50 bits per heavy atom. The molecule has 26 heavy (non-hydrogen) atoms. The Morgan fingerprint density at radius 2 is 1.92 bits per heavy atom. The summed E-state index contributed by atoms with van der Waals surface area (Å²) in [6, 6.07) is 11.8. The lowest BCUT2D eigenvalue weighted by atomic mass is 9.97. The lowest BCUT2D eigenvalue weighted by Crippen LogP contribution is -2.42. The maximum atomic E-state index is 12.7. The fourth-order valence-electron chi connectivity index (χ4n) is 2.94. The lowest BCUT2D eigenvalue weighted by Gasteiger charge is -2.30. The molecule has 136 valence electrons. The van der Waals surface area contributed by atoms with Crippen LogP contribution >= 0.6 is 11.3 Å². The van der Waals surface area contributed by atoms with Gasteiger partial charge >= 0.3 is 0 Å². The van der Waals surface area contributed by atoms with Crippen LogP contribution in [0.15, 0.2) is 46.7 Å². The Morgan fingerprint density at radius 1 is 1.23 bits per heavy atom. The molecule has 2 aromatic rings. The first-order chi connectivity index (χ1) is 12.5. The van der Waals surface area contributed by atoms with Gasteiger partial charge in [-0.05, 0) is 48.6 Å². The van der Waals surface area contributed by atoms with Gasteiger partial charge in [0.1, 0.15) is 0 Å². The van der Waals surface area contributed by atoms with Crippen LogP contribution in [-0.4, -0.2) is 31.7 Å². The highest BCUT2D eigenvalue weighted by Crippen LogP contribution is 2.24. The highest BCUT2D eigenvalue weighted by Gasteiger charge is 2.32. The molecule has 1 aliphatic heterocycles. The zero-order chi connectivity index (χ0) is 18.6. The van der Waals surface area contributed by atoms with E-state index in [1.54, 1.807) is 11.3 Å². The molecule has 1 saturated heterocycles. The van der Waals surface area contributed by atoms with Crippen LogP contribution in [0.5, 0.6) is 0 Å². The van der Waals surface area contributed by atoms with Crippen molar-refractivity contribution in [2.45, 2.75) is 24.3 Å². The first-order valence-corrected chi connectivity index (χ1v) is 10.6. The normalized spacial score (nSPS) is 16.1. The van der Waals surface area contributed by atoms with E-state index in [1.807, 2.05) is 23.6 Å². The zero-order valence-electron chi connectivity index (χ0n) is 14.1. The minimum Gasteiger partial charge on any atom is -0.351 e. The van der Waals surface area contributed by atoms with Gasteiger partial charge in [-0.2, -0.15) is 9.57 Å². The molecule has 1 amide bonds. The van der Waals surface area contributed by atoms with Crippen LogP contribution in [0.3, 0.4) is 0 Å². The van der Waals surface area contributed by atoms with Crippen molar-refractivity contribution in [2.24, 2.45) is 5.92 Å². The number of thiophene rings is 1. The number of nitrogens with one attached hydrogen (secondary N) is 1. The van der Waals surface area contributed by atoms with E-state index in [1.165, 1.54) is 28.6 Å². The number of carbonyl (C=O) groups is 1. The molecule has 1 N–H and O–H groups in total. The molecule has 0 aliphatic carbocycles. The molecule has 2 heterocycles. The fraction of sp³-hybridized carbons (Fsp3) is 0.333. The molecule has 0 spiro atoms. The van der Waals surface area contributed by atoms with E-state index in [4.69, 9.17) is 5.26 Å². The third-order valence-electron chi connectivity index (χ3n) is 4.46. The van der Waals surface area contributed by atoms with Crippen LogP contribution in [0, 0.1) is 17.2 Å². The molecular formula is C18H19N3O3S2. The molecule has 0 saturated carbocycles. The average Bonchev–Trinajstić information content (AvgIpc) is 3.20. The number of carbonyl (C=O) groups excluding carboxylic acids is 1. The summed E-state index contributed by atoms with van der Waals surface area (Å²) in [6.45, 7) is 1.15. The standard InChI is InChI=1S/C18H19N3O3S2/c19-12-14-3-5-17(6-4-14)26(23,24)21-9-7-15(8-10-21)18(22)20-13-16-2-1-11-25-16/h1-6,11,15H,7-10,13H2,(H,20,22). The molecule has 1 aromatic carbocycles. The van der Waals surface area contributed by atoms with Gasteiger partial charge in [-0.3, -0.25) is 4.79 Å². The summed E-state index contributed by atoms with van der Waals surface area (Å²) in [5.74, 6) is -0.184. The van der Waals surface area contributed by atoms with E-state index in [0.717, 1.165) is 4.88 Å². The molecule has 0 bridgehead atoms. The summed E-state index contributed by atoms with van der Waals surface area (Å²) >= 11 is 1.59. The van der Waals surface area contributed by atoms with Crippen molar-refractivity contribution in [3.63, 3.8) is 0 Å². The summed E-state index contributed by atoms with van der Waals surface area (Å²) < 4.78 is 26.8. The van der Waals surface area contributed by atoms with Gasteiger partial charge < -0.3 is 5.32 Å². The molecule has 1 fully saturated rings. The lowest BCUT2D eigenvalue weighted by molar-refractivity contribution is -0.126. The van der Waals surface area contributed by atoms with E-state index < -0.39 is 10.0 Å². The maximum absolute atomic E-state index is 12.7. The molecule has 0 radical (unpaired) electrons. The second-order valence-corrected chi connectivity index (χ2v) is 9.08. The molecule has 8 heteroatoms. The van der Waals surface area contributed by atoms with Crippen molar-refractivity contribution in [1.29, 1.82) is 5.26 Å². The number of hydrogen-bond acceptors (Lipinski definition) is 5. The quantitative estimate of drug-likeness (QED) is 0.850. The van der Waals surface area contributed by atoms with E-state index in [-0.39, 0.29) is 16.7 Å². The minimum atomic E-state index is -3.59. The van der Waals surface area contributed by atoms with Crippen molar-refractivity contribution in [2.75, 3.05) is 13.1 Å². The Bertz CT molecular complexity index is 892. The molecule has 0 unspecified atom stereocenters. The summed E-state index contributed by atoms with van der Waals surface area (Å²) in [4.78, 5) is 13.6. The van der Waals surface area contributed by atoms with Gasteiger partial charge in [0, 0.05) is 23.9 Å². The van der Waals surface area contributed by atoms with Crippen molar-refractivity contribution < 1.29 is 13.2 Å². The van der Waals surface area contributed by atoms with Crippen LogP contribution in [0.2, 0.25) is 0 Å². The molecule has 6 nitrogen and oxygen atoms in total. The molecule has 0 atom stereocenters. The predicted molar refractivity (Wildman–Crippen MR) is 98.8 cm³/mol. The average molecular weight is 390 g/mol. The topological polar surface area (TPSA) is 90.3 Å². The number of nitrogens with zero attached hydrogens (tertiary/aromatic N) is 2. The number of nitriles is 1. The molecular weight excluding hydrogens is 370 g/mol. The first kappa shape index (κ1) is 18.6. The maximum Gasteiger partial charge on any atom is 0.243 e. The van der Waals surface area contributed by atoms with Crippen molar-refractivity contribution in [3.05, 3.63) is 52.2 Å². The number of benzene rings is 1. The van der Waals surface area contributed by atoms with Gasteiger partial charge in [0.2, 0.25) is 15.9 Å². The smallest absolute Gasteiger partial charge is 0.243 e. The highest BCUT2D eigenvalue weighted by molar-refractivity contribution is 7.89. The third kappa shape index (κ3) is 4.12. The number of sulfonamides is 1. The van der Waals surface area contributed by atoms with E-state index in [0.29, 0.717) is 38.0 Å². The van der Waals surface area contributed by atoms with Crippen molar-refractivity contribution >= 4 is 27.3 Å². The Labute approximate surface area is 157 Å². The highest BCUT2D eigenvalue weighted by atomic mass is 32.2. The second-order valence-electron chi connectivity index (χ2n) is 6.11. The van der Waals surface area contributed by atoms with Crippen LogP contribution in [-0.2, 0) is 21.4 Å². The van der Waals surface area contributed by atoms with Crippen LogP contribution in [0.4, 0.5) is 0 Å². The summed E-state index contributed by atoms with van der Waals surface area (Å²) in [7, 11) is -3.59. The zero-order valence-corrected chi connectivity index (χ0v) is 15.7. The second kappa shape index (κ2) is 7.99. The van der Waals surface area contributed by atoms with Crippen molar-refractivity contribution in [1.82, 2.24) is 9.62 Å². The Balaban J connectivity index is 1.56. The minimum absolute atomic E-state index is 0.0196. The van der Waals surface area contributed by atoms with Gasteiger partial charge in [0.05, 0.1) is 23.1 Å². The number of amides is 1. The molecule has 3 rings (SSSR count). The van der Waals surface area contributed by atoms with Crippen LogP contribution < -0.4 is 5.32 Å². The fourth-order valence-corrected chi connectivity index (χ4v) is 5.05. The van der Waals surface area contributed by atoms with E-state index in [2.05, 4.69) is 5.32 Å². The largest absolute Gasteiger partial charge is 0.351 e. The summed E-state index contributed by atoms with van der Waals surface area (Å²) in [6.07, 6.45) is 1.01. The summed E-state index contributed by atoms with van der Waals surface area (Å²) in [5.41, 5.74) is 0.421. The van der Waals surface area contributed by atoms with Gasteiger partial charge in [-0.25, -0.2) is 8.42 Å².